The Balaban J connectivity index is 1.60. The van der Waals surface area contributed by atoms with Crippen LogP contribution in [0.15, 0.2) is 59.8 Å². The van der Waals surface area contributed by atoms with Gasteiger partial charge in [0.05, 0.1) is 22.9 Å². The van der Waals surface area contributed by atoms with E-state index < -0.39 is 0 Å². The maximum Gasteiger partial charge on any atom is 0.227 e. The van der Waals surface area contributed by atoms with Crippen molar-refractivity contribution < 1.29 is 9.84 Å². The molecular weight excluding hydrogens is 477 g/mol. The fraction of sp³-hybridized carbons (Fsp3) is 0.160. The van der Waals surface area contributed by atoms with Gasteiger partial charge in [-0.25, -0.2) is 4.98 Å². The molecule has 0 aliphatic carbocycles. The van der Waals surface area contributed by atoms with Crippen LogP contribution in [0.2, 0.25) is 10.0 Å². The Morgan fingerprint density at radius 2 is 1.82 bits per heavy atom. The molecule has 5 rings (SSSR count). The van der Waals surface area contributed by atoms with Gasteiger partial charge in [-0.15, -0.1) is 11.8 Å². The Kier molecular flexibility index (Phi) is 6.25. The molecular formula is C25H19Cl2N3O2S. The van der Waals surface area contributed by atoms with Gasteiger partial charge >= 0.3 is 0 Å². The molecule has 1 aliphatic heterocycles. The minimum atomic E-state index is -0.111. The van der Waals surface area contributed by atoms with Gasteiger partial charge in [-0.05, 0) is 36.8 Å². The molecule has 8 heteroatoms. The fourth-order valence-corrected chi connectivity index (χ4v) is 5.04. The van der Waals surface area contributed by atoms with E-state index in [1.165, 1.54) is 0 Å². The predicted octanol–water partition coefficient (Wildman–Crippen LogP) is 6.63. The summed E-state index contributed by atoms with van der Waals surface area (Å²) in [6, 6.07) is 15.3. The Hall–Kier alpha value is -2.64. The number of hydrogen-bond donors (Lipinski definition) is 1. The Bertz CT molecular complexity index is 1350. The molecule has 1 N–H and O–H groups in total. The van der Waals surface area contributed by atoms with Gasteiger partial charge in [0.2, 0.25) is 5.88 Å². The molecule has 0 bridgehead atoms. The summed E-state index contributed by atoms with van der Waals surface area (Å²) in [6.45, 7) is 1.78. The summed E-state index contributed by atoms with van der Waals surface area (Å²) in [4.78, 5) is 14.0. The molecule has 0 unspecified atom stereocenters. The number of pyridine rings is 1. The molecule has 33 heavy (non-hydrogen) atoms. The summed E-state index contributed by atoms with van der Waals surface area (Å²) in [7, 11) is 0. The van der Waals surface area contributed by atoms with Crippen molar-refractivity contribution in [3.05, 3.63) is 92.7 Å². The molecule has 0 saturated carbocycles. The second-order valence-corrected chi connectivity index (χ2v) is 9.45. The van der Waals surface area contributed by atoms with Crippen LogP contribution >= 0.6 is 35.0 Å². The topological polar surface area (TPSA) is 68.1 Å². The van der Waals surface area contributed by atoms with Crippen LogP contribution in [0.1, 0.15) is 27.9 Å². The van der Waals surface area contributed by atoms with E-state index in [9.17, 15) is 5.11 Å². The fourth-order valence-electron chi connectivity index (χ4n) is 3.71. The van der Waals surface area contributed by atoms with Crippen LogP contribution in [0.25, 0.3) is 11.4 Å². The molecule has 5 nitrogen and oxygen atoms in total. The standard InChI is InChI=1S/C25H19Cl2N3O2S/c1-14-22-19(16(12-31)11-28-14)10-20-24(32-22)29-23(18-4-2-3-5-21(18)27)30-25(20)33-13-15-6-8-17(26)9-7-15/h2-9,11,31H,10,12-13H2,1H3. The van der Waals surface area contributed by atoms with E-state index in [1.807, 2.05) is 55.5 Å². The van der Waals surface area contributed by atoms with Crippen molar-refractivity contribution in [1.29, 1.82) is 0 Å². The molecule has 3 heterocycles. The van der Waals surface area contributed by atoms with Gasteiger partial charge < -0.3 is 9.84 Å². The third-order valence-corrected chi connectivity index (χ3v) is 7.13. The Labute approximate surface area is 205 Å². The molecule has 166 valence electrons. The Morgan fingerprint density at radius 1 is 1.03 bits per heavy atom. The maximum atomic E-state index is 9.84. The number of nitrogens with zero attached hydrogens (tertiary/aromatic N) is 3. The average Bonchev–Trinajstić information content (AvgIpc) is 2.83. The predicted molar refractivity (Wildman–Crippen MR) is 131 cm³/mol. The van der Waals surface area contributed by atoms with E-state index in [-0.39, 0.29) is 6.61 Å². The number of aliphatic hydroxyl groups excluding tert-OH is 1. The smallest absolute Gasteiger partial charge is 0.227 e. The SMILES string of the molecule is Cc1ncc(CO)c2c1Oc1nc(-c3ccccc3Cl)nc(SCc3ccc(Cl)cc3)c1C2. The number of hydrogen-bond acceptors (Lipinski definition) is 6. The lowest BCUT2D eigenvalue weighted by molar-refractivity contribution is 0.278. The van der Waals surface area contributed by atoms with Crippen molar-refractivity contribution >= 4 is 35.0 Å². The summed E-state index contributed by atoms with van der Waals surface area (Å²) >= 11 is 14.1. The van der Waals surface area contributed by atoms with E-state index in [4.69, 9.17) is 37.9 Å². The van der Waals surface area contributed by atoms with Crippen LogP contribution in [0.5, 0.6) is 11.6 Å². The number of rotatable bonds is 5. The van der Waals surface area contributed by atoms with Crippen molar-refractivity contribution in [2.24, 2.45) is 0 Å². The molecule has 0 radical (unpaired) electrons. The third kappa shape index (κ3) is 4.44. The van der Waals surface area contributed by atoms with Gasteiger partial charge in [0.25, 0.3) is 0 Å². The number of thioether (sulfide) groups is 1. The first-order chi connectivity index (χ1) is 16.0. The highest BCUT2D eigenvalue weighted by Gasteiger charge is 2.28. The first kappa shape index (κ1) is 22.2. The molecule has 2 aromatic heterocycles. The average molecular weight is 496 g/mol. The van der Waals surface area contributed by atoms with Crippen LogP contribution in [0.4, 0.5) is 0 Å². The van der Waals surface area contributed by atoms with E-state index in [0.29, 0.717) is 39.7 Å². The number of fused-ring (bicyclic) bond motifs is 2. The summed E-state index contributed by atoms with van der Waals surface area (Å²) in [6.07, 6.45) is 2.25. The van der Waals surface area contributed by atoms with Gasteiger partial charge in [0.15, 0.2) is 11.6 Å². The minimum absolute atomic E-state index is 0.111. The van der Waals surface area contributed by atoms with Crippen molar-refractivity contribution in [3.63, 3.8) is 0 Å². The quantitative estimate of drug-likeness (QED) is 0.218. The van der Waals surface area contributed by atoms with E-state index in [0.717, 1.165) is 38.5 Å². The highest BCUT2D eigenvalue weighted by Crippen LogP contribution is 2.43. The van der Waals surface area contributed by atoms with Crippen LogP contribution in [-0.4, -0.2) is 20.1 Å². The number of aromatic nitrogens is 3. The summed E-state index contributed by atoms with van der Waals surface area (Å²) in [5, 5.41) is 11.9. The van der Waals surface area contributed by atoms with Gasteiger partial charge in [-0.1, -0.05) is 47.5 Å². The molecule has 0 spiro atoms. The summed E-state index contributed by atoms with van der Waals surface area (Å²) < 4.78 is 6.26. The largest absolute Gasteiger partial charge is 0.436 e. The molecule has 1 aliphatic rings. The summed E-state index contributed by atoms with van der Waals surface area (Å²) in [5.74, 6) is 2.35. The van der Waals surface area contributed by atoms with Crippen LogP contribution in [0.3, 0.4) is 0 Å². The zero-order chi connectivity index (χ0) is 22.9. The van der Waals surface area contributed by atoms with Gasteiger partial charge in [-0.2, -0.15) is 4.98 Å². The van der Waals surface area contributed by atoms with Crippen molar-refractivity contribution in [3.8, 4) is 23.0 Å². The third-order valence-electron chi connectivity index (χ3n) is 5.46. The molecule has 0 atom stereocenters. The Morgan fingerprint density at radius 3 is 2.58 bits per heavy atom. The van der Waals surface area contributed by atoms with Crippen molar-refractivity contribution in [2.75, 3.05) is 0 Å². The van der Waals surface area contributed by atoms with E-state index in [2.05, 4.69) is 4.98 Å². The van der Waals surface area contributed by atoms with Crippen molar-refractivity contribution in [1.82, 2.24) is 15.0 Å². The monoisotopic (exact) mass is 495 g/mol. The molecule has 4 aromatic rings. The van der Waals surface area contributed by atoms with E-state index >= 15 is 0 Å². The second-order valence-electron chi connectivity index (χ2n) is 7.64. The molecule has 0 saturated heterocycles. The number of aryl methyl sites for hydroxylation is 1. The molecule has 0 fully saturated rings. The normalized spacial score (nSPS) is 12.1. The van der Waals surface area contributed by atoms with E-state index in [1.54, 1.807) is 18.0 Å². The second kappa shape index (κ2) is 9.31. The first-order valence-corrected chi connectivity index (χ1v) is 12.1. The van der Waals surface area contributed by atoms with Gasteiger partial charge in [0.1, 0.15) is 5.03 Å². The number of halogens is 2. The van der Waals surface area contributed by atoms with Crippen LogP contribution < -0.4 is 4.74 Å². The highest BCUT2D eigenvalue weighted by atomic mass is 35.5. The maximum absolute atomic E-state index is 9.84. The van der Waals surface area contributed by atoms with Crippen LogP contribution in [0, 0.1) is 6.92 Å². The highest BCUT2D eigenvalue weighted by molar-refractivity contribution is 7.98. The summed E-state index contributed by atoms with van der Waals surface area (Å²) in [5.41, 5.74) is 5.16. The zero-order valence-corrected chi connectivity index (χ0v) is 20.0. The van der Waals surface area contributed by atoms with Crippen LogP contribution in [-0.2, 0) is 18.8 Å². The lowest BCUT2D eigenvalue weighted by Gasteiger charge is -2.24. The molecule has 2 aromatic carbocycles. The van der Waals surface area contributed by atoms with Gasteiger partial charge in [0, 0.05) is 40.1 Å². The van der Waals surface area contributed by atoms with Crippen molar-refractivity contribution in [2.45, 2.75) is 30.7 Å². The first-order valence-electron chi connectivity index (χ1n) is 10.3. The lowest BCUT2D eigenvalue weighted by atomic mass is 9.99. The lowest BCUT2D eigenvalue weighted by Crippen LogP contribution is -2.13. The molecule has 0 amide bonds. The zero-order valence-electron chi connectivity index (χ0n) is 17.7. The minimum Gasteiger partial charge on any atom is -0.436 e. The van der Waals surface area contributed by atoms with Gasteiger partial charge in [-0.3, -0.25) is 4.98 Å². The number of aliphatic hydroxyl groups is 1. The number of benzene rings is 2. The number of ether oxygens (including phenoxy) is 1.